The molecule has 0 aliphatic rings. The summed E-state index contributed by atoms with van der Waals surface area (Å²) in [5.41, 5.74) is 0.916. The maximum atomic E-state index is 12.6. The molecule has 2 rings (SSSR count). The number of carbonyl (C=O) groups is 2. The minimum atomic E-state index is -0.380. The SMILES string of the molecule is COCC(=O)c1c(NC(=O)c2ccc(OC)cc2)cc(OC)cc1OC. The van der Waals surface area contributed by atoms with E-state index in [0.717, 1.165) is 0 Å². The summed E-state index contributed by atoms with van der Waals surface area (Å²) in [4.78, 5) is 25.0. The van der Waals surface area contributed by atoms with E-state index in [1.807, 2.05) is 0 Å². The lowest BCUT2D eigenvalue weighted by Crippen LogP contribution is -2.17. The molecule has 0 spiro atoms. The molecule has 1 N–H and O–H groups in total. The van der Waals surface area contributed by atoms with E-state index in [-0.39, 0.29) is 35.3 Å². The van der Waals surface area contributed by atoms with Crippen molar-refractivity contribution in [2.45, 2.75) is 0 Å². The molecule has 0 bridgehead atoms. The number of hydrogen-bond acceptors (Lipinski definition) is 6. The van der Waals surface area contributed by atoms with Crippen molar-refractivity contribution in [2.24, 2.45) is 0 Å². The van der Waals surface area contributed by atoms with Crippen LogP contribution in [-0.4, -0.2) is 46.7 Å². The average Bonchev–Trinajstić information content (AvgIpc) is 2.67. The molecule has 0 aliphatic heterocycles. The van der Waals surface area contributed by atoms with Crippen molar-refractivity contribution in [3.63, 3.8) is 0 Å². The van der Waals surface area contributed by atoms with Gasteiger partial charge >= 0.3 is 0 Å². The number of hydrogen-bond donors (Lipinski definition) is 1. The zero-order valence-corrected chi connectivity index (χ0v) is 15.1. The van der Waals surface area contributed by atoms with Crippen molar-refractivity contribution < 1.29 is 28.5 Å². The highest BCUT2D eigenvalue weighted by Gasteiger charge is 2.21. The topological polar surface area (TPSA) is 83.1 Å². The average molecular weight is 359 g/mol. The van der Waals surface area contributed by atoms with Gasteiger partial charge in [0.2, 0.25) is 0 Å². The minimum Gasteiger partial charge on any atom is -0.497 e. The van der Waals surface area contributed by atoms with Crippen molar-refractivity contribution >= 4 is 17.4 Å². The zero-order valence-electron chi connectivity index (χ0n) is 15.1. The first kappa shape index (κ1) is 19.3. The quantitative estimate of drug-likeness (QED) is 0.730. The number of methoxy groups -OCH3 is 4. The summed E-state index contributed by atoms with van der Waals surface area (Å²) in [6.45, 7) is -0.145. The number of benzene rings is 2. The van der Waals surface area contributed by atoms with E-state index in [2.05, 4.69) is 5.32 Å². The molecular weight excluding hydrogens is 338 g/mol. The molecule has 0 aromatic heterocycles. The third-order valence-electron chi connectivity index (χ3n) is 3.69. The summed E-state index contributed by atoms with van der Waals surface area (Å²) in [5.74, 6) is 0.671. The van der Waals surface area contributed by atoms with Gasteiger partial charge in [0.05, 0.1) is 32.6 Å². The van der Waals surface area contributed by atoms with Gasteiger partial charge in [0, 0.05) is 24.8 Å². The molecule has 7 nitrogen and oxygen atoms in total. The Balaban J connectivity index is 2.41. The Bertz CT molecular complexity index is 785. The first-order chi connectivity index (χ1) is 12.5. The number of carbonyl (C=O) groups excluding carboxylic acids is 2. The number of ether oxygens (including phenoxy) is 4. The molecule has 2 aromatic rings. The lowest BCUT2D eigenvalue weighted by Gasteiger charge is -2.16. The van der Waals surface area contributed by atoms with Crippen LogP contribution in [-0.2, 0) is 4.74 Å². The predicted molar refractivity (Wildman–Crippen MR) is 96.7 cm³/mol. The van der Waals surface area contributed by atoms with Crippen LogP contribution >= 0.6 is 0 Å². The van der Waals surface area contributed by atoms with Crippen LogP contribution < -0.4 is 19.5 Å². The van der Waals surface area contributed by atoms with Gasteiger partial charge in [0.15, 0.2) is 5.78 Å². The number of nitrogens with one attached hydrogen (secondary N) is 1. The fourth-order valence-corrected chi connectivity index (χ4v) is 2.40. The van der Waals surface area contributed by atoms with Crippen LogP contribution in [0.15, 0.2) is 36.4 Å². The van der Waals surface area contributed by atoms with Crippen LogP contribution in [0.2, 0.25) is 0 Å². The van der Waals surface area contributed by atoms with E-state index in [0.29, 0.717) is 17.1 Å². The molecule has 2 aromatic carbocycles. The van der Waals surface area contributed by atoms with E-state index in [1.165, 1.54) is 21.3 Å². The Morgan fingerprint density at radius 2 is 1.54 bits per heavy atom. The van der Waals surface area contributed by atoms with Crippen molar-refractivity contribution in [1.82, 2.24) is 0 Å². The Labute approximate surface area is 151 Å². The van der Waals surface area contributed by atoms with Gasteiger partial charge < -0.3 is 24.3 Å². The van der Waals surface area contributed by atoms with Gasteiger partial charge in [0.25, 0.3) is 5.91 Å². The third-order valence-corrected chi connectivity index (χ3v) is 3.69. The third kappa shape index (κ3) is 4.31. The molecule has 138 valence electrons. The molecule has 1 amide bonds. The molecule has 0 fully saturated rings. The van der Waals surface area contributed by atoms with Crippen molar-refractivity contribution in [1.29, 1.82) is 0 Å². The summed E-state index contributed by atoms with van der Waals surface area (Å²) in [7, 11) is 5.89. The molecule has 0 heterocycles. The Morgan fingerprint density at radius 1 is 0.885 bits per heavy atom. The lowest BCUT2D eigenvalue weighted by atomic mass is 10.1. The number of Topliss-reactive ketones (excluding diaryl/α,β-unsaturated/α-hetero) is 1. The van der Waals surface area contributed by atoms with Crippen LogP contribution in [0, 0.1) is 0 Å². The number of anilines is 1. The van der Waals surface area contributed by atoms with Crippen molar-refractivity contribution in [2.75, 3.05) is 40.4 Å². The Hall–Kier alpha value is -3.06. The van der Waals surface area contributed by atoms with Gasteiger partial charge in [-0.1, -0.05) is 0 Å². The minimum absolute atomic E-state index is 0.145. The number of amides is 1. The molecule has 0 saturated heterocycles. The second-order valence-corrected chi connectivity index (χ2v) is 5.29. The predicted octanol–water partition coefficient (Wildman–Crippen LogP) is 2.79. The fourth-order valence-electron chi connectivity index (χ4n) is 2.40. The van der Waals surface area contributed by atoms with E-state index >= 15 is 0 Å². The van der Waals surface area contributed by atoms with Gasteiger partial charge in [-0.05, 0) is 24.3 Å². The number of rotatable bonds is 8. The maximum Gasteiger partial charge on any atom is 0.255 e. The highest BCUT2D eigenvalue weighted by Crippen LogP contribution is 2.33. The highest BCUT2D eigenvalue weighted by molar-refractivity contribution is 6.11. The van der Waals surface area contributed by atoms with Gasteiger partial charge in [-0.15, -0.1) is 0 Å². The zero-order chi connectivity index (χ0) is 19.1. The maximum absolute atomic E-state index is 12.6. The fraction of sp³-hybridized carbons (Fsp3) is 0.263. The largest absolute Gasteiger partial charge is 0.497 e. The van der Waals surface area contributed by atoms with E-state index < -0.39 is 0 Å². The van der Waals surface area contributed by atoms with Crippen LogP contribution in [0.25, 0.3) is 0 Å². The highest BCUT2D eigenvalue weighted by atomic mass is 16.5. The molecule has 0 unspecified atom stereocenters. The molecule has 26 heavy (non-hydrogen) atoms. The van der Waals surface area contributed by atoms with E-state index in [1.54, 1.807) is 43.5 Å². The smallest absolute Gasteiger partial charge is 0.255 e. The van der Waals surface area contributed by atoms with Gasteiger partial charge in [-0.25, -0.2) is 0 Å². The van der Waals surface area contributed by atoms with Crippen LogP contribution in [0.3, 0.4) is 0 Å². The first-order valence-corrected chi connectivity index (χ1v) is 7.77. The van der Waals surface area contributed by atoms with Gasteiger partial charge in [0.1, 0.15) is 23.9 Å². The second-order valence-electron chi connectivity index (χ2n) is 5.29. The molecule has 7 heteroatoms. The van der Waals surface area contributed by atoms with Crippen LogP contribution in [0.4, 0.5) is 5.69 Å². The normalized spacial score (nSPS) is 10.2. The summed E-state index contributed by atoms with van der Waals surface area (Å²) in [6, 6.07) is 9.75. The lowest BCUT2D eigenvalue weighted by molar-refractivity contribution is 0.0846. The van der Waals surface area contributed by atoms with E-state index in [4.69, 9.17) is 18.9 Å². The molecule has 0 aliphatic carbocycles. The van der Waals surface area contributed by atoms with Crippen LogP contribution in [0.1, 0.15) is 20.7 Å². The molecule has 0 atom stereocenters. The molecule has 0 saturated carbocycles. The summed E-state index contributed by atoms with van der Waals surface area (Å²) in [5, 5.41) is 2.74. The summed E-state index contributed by atoms with van der Waals surface area (Å²) in [6.07, 6.45) is 0. The Kier molecular flexibility index (Phi) is 6.57. The van der Waals surface area contributed by atoms with Crippen molar-refractivity contribution in [3.05, 3.63) is 47.5 Å². The first-order valence-electron chi connectivity index (χ1n) is 7.77. The van der Waals surface area contributed by atoms with Crippen LogP contribution in [0.5, 0.6) is 17.2 Å². The summed E-state index contributed by atoms with van der Waals surface area (Å²) < 4.78 is 20.5. The van der Waals surface area contributed by atoms with Gasteiger partial charge in [-0.2, -0.15) is 0 Å². The molecular formula is C19H21NO6. The Morgan fingerprint density at radius 3 is 2.08 bits per heavy atom. The summed E-state index contributed by atoms with van der Waals surface area (Å²) >= 11 is 0. The number of ketones is 1. The van der Waals surface area contributed by atoms with Crippen molar-refractivity contribution in [3.8, 4) is 17.2 Å². The second kappa shape index (κ2) is 8.87. The molecule has 0 radical (unpaired) electrons. The van der Waals surface area contributed by atoms with E-state index in [9.17, 15) is 9.59 Å². The standard InChI is InChI=1S/C19H21NO6/c1-23-11-16(21)18-15(9-14(25-3)10-17(18)26-4)20-19(22)12-5-7-13(24-2)8-6-12/h5-10H,11H2,1-4H3,(H,20,22). The monoisotopic (exact) mass is 359 g/mol. The van der Waals surface area contributed by atoms with Gasteiger partial charge in [-0.3, -0.25) is 9.59 Å².